The summed E-state index contributed by atoms with van der Waals surface area (Å²) in [6.07, 6.45) is 6.59. The minimum Gasteiger partial charge on any atom is -0.474 e. The average Bonchev–Trinajstić information content (AvgIpc) is 3.04. The number of hydrogen-bond acceptors (Lipinski definition) is 4. The fourth-order valence-electron chi connectivity index (χ4n) is 3.24. The molecule has 1 N–H and O–H groups in total. The van der Waals surface area contributed by atoms with Gasteiger partial charge in [-0.15, -0.1) is 0 Å². The van der Waals surface area contributed by atoms with Crippen LogP contribution in [0.2, 0.25) is 0 Å². The molecule has 1 aromatic heterocycles. The Bertz CT molecular complexity index is 506. The Morgan fingerprint density at radius 1 is 1.23 bits per heavy atom. The van der Waals surface area contributed by atoms with Gasteiger partial charge in [0, 0.05) is 25.1 Å². The van der Waals surface area contributed by atoms with Crippen molar-refractivity contribution in [2.24, 2.45) is 5.92 Å². The molecule has 120 valence electrons. The predicted octanol–water partition coefficient (Wildman–Crippen LogP) is 2.68. The number of carbonyl (C=O) groups excluding carboxylic acids is 1. The fourth-order valence-corrected chi connectivity index (χ4v) is 3.24. The van der Waals surface area contributed by atoms with Crippen molar-refractivity contribution in [1.82, 2.24) is 9.88 Å². The molecule has 3 rings (SSSR count). The van der Waals surface area contributed by atoms with Crippen LogP contribution in [0.15, 0.2) is 18.2 Å². The van der Waals surface area contributed by atoms with Crippen molar-refractivity contribution in [3.05, 3.63) is 18.2 Å². The van der Waals surface area contributed by atoms with Gasteiger partial charge < -0.3 is 15.0 Å². The van der Waals surface area contributed by atoms with E-state index in [1.807, 2.05) is 18.2 Å². The molecule has 0 unspecified atom stereocenters. The molecule has 2 fully saturated rings. The average molecular weight is 303 g/mol. The van der Waals surface area contributed by atoms with Crippen LogP contribution in [0, 0.1) is 5.92 Å². The minimum absolute atomic E-state index is 0.0986. The van der Waals surface area contributed by atoms with Gasteiger partial charge in [0.15, 0.2) is 0 Å². The van der Waals surface area contributed by atoms with Gasteiger partial charge in [0.1, 0.15) is 11.9 Å². The molecule has 1 aliphatic carbocycles. The maximum absolute atomic E-state index is 12.2. The van der Waals surface area contributed by atoms with Crippen LogP contribution in [0.25, 0.3) is 0 Å². The van der Waals surface area contributed by atoms with Gasteiger partial charge in [0.05, 0.1) is 0 Å². The lowest BCUT2D eigenvalue weighted by Gasteiger charge is -2.29. The SMILES string of the molecule is CN1CCC(Oc2cccc(NC(=O)C3CCCC3)n2)CC1. The second kappa shape index (κ2) is 7.09. The van der Waals surface area contributed by atoms with E-state index in [-0.39, 0.29) is 17.9 Å². The summed E-state index contributed by atoms with van der Waals surface area (Å²) in [4.78, 5) is 18.9. The number of pyridine rings is 1. The smallest absolute Gasteiger partial charge is 0.228 e. The Morgan fingerprint density at radius 2 is 1.95 bits per heavy atom. The van der Waals surface area contributed by atoms with Crippen LogP contribution in [0.1, 0.15) is 38.5 Å². The summed E-state index contributed by atoms with van der Waals surface area (Å²) < 4.78 is 5.96. The zero-order valence-electron chi connectivity index (χ0n) is 13.3. The van der Waals surface area contributed by atoms with Gasteiger partial charge in [-0.3, -0.25) is 4.79 Å². The number of amides is 1. The lowest BCUT2D eigenvalue weighted by molar-refractivity contribution is -0.119. The van der Waals surface area contributed by atoms with Crippen LogP contribution >= 0.6 is 0 Å². The monoisotopic (exact) mass is 303 g/mol. The number of piperidine rings is 1. The van der Waals surface area contributed by atoms with E-state index in [0.717, 1.165) is 51.6 Å². The topological polar surface area (TPSA) is 54.5 Å². The molecule has 1 amide bonds. The lowest BCUT2D eigenvalue weighted by atomic mass is 10.1. The fraction of sp³-hybridized carbons (Fsp3) is 0.647. The third-order valence-electron chi connectivity index (χ3n) is 4.65. The number of aromatic nitrogens is 1. The van der Waals surface area contributed by atoms with E-state index in [0.29, 0.717) is 11.7 Å². The van der Waals surface area contributed by atoms with E-state index in [9.17, 15) is 4.79 Å². The van der Waals surface area contributed by atoms with Crippen LogP contribution in [0.3, 0.4) is 0 Å². The van der Waals surface area contributed by atoms with E-state index in [1.165, 1.54) is 0 Å². The van der Waals surface area contributed by atoms with Crippen LogP contribution in [-0.2, 0) is 4.79 Å². The standard InChI is InChI=1S/C17H25N3O2/c1-20-11-9-14(10-12-20)22-16-8-4-7-15(18-16)19-17(21)13-5-2-3-6-13/h4,7-8,13-14H,2-3,5-6,9-12H2,1H3,(H,18,19,21). The zero-order chi connectivity index (χ0) is 15.4. The Balaban J connectivity index is 1.56. The Hall–Kier alpha value is -1.62. The highest BCUT2D eigenvalue weighted by Crippen LogP contribution is 2.26. The molecule has 0 spiro atoms. The van der Waals surface area contributed by atoms with Crippen molar-refractivity contribution in [2.45, 2.75) is 44.6 Å². The second-order valence-corrected chi connectivity index (χ2v) is 6.45. The van der Waals surface area contributed by atoms with Crippen LogP contribution < -0.4 is 10.1 Å². The van der Waals surface area contributed by atoms with E-state index in [1.54, 1.807) is 0 Å². The molecule has 1 saturated heterocycles. The van der Waals surface area contributed by atoms with Gasteiger partial charge in [0.25, 0.3) is 0 Å². The van der Waals surface area contributed by atoms with Crippen molar-refractivity contribution in [3.63, 3.8) is 0 Å². The molecule has 1 aliphatic heterocycles. The quantitative estimate of drug-likeness (QED) is 0.929. The zero-order valence-corrected chi connectivity index (χ0v) is 13.3. The molecule has 0 bridgehead atoms. The number of anilines is 1. The van der Waals surface area contributed by atoms with Crippen molar-refractivity contribution >= 4 is 11.7 Å². The molecular weight excluding hydrogens is 278 g/mol. The number of nitrogens with one attached hydrogen (secondary N) is 1. The molecule has 1 saturated carbocycles. The summed E-state index contributed by atoms with van der Waals surface area (Å²) in [5.41, 5.74) is 0. The highest BCUT2D eigenvalue weighted by Gasteiger charge is 2.23. The number of nitrogens with zero attached hydrogens (tertiary/aromatic N) is 2. The predicted molar refractivity (Wildman–Crippen MR) is 86.0 cm³/mol. The molecule has 22 heavy (non-hydrogen) atoms. The van der Waals surface area contributed by atoms with Gasteiger partial charge in [-0.25, -0.2) is 0 Å². The molecule has 1 aromatic rings. The first kappa shape index (κ1) is 15.3. The van der Waals surface area contributed by atoms with E-state index in [4.69, 9.17) is 4.74 Å². The maximum atomic E-state index is 12.2. The summed E-state index contributed by atoms with van der Waals surface area (Å²) in [5, 5.41) is 2.93. The third kappa shape index (κ3) is 3.97. The van der Waals surface area contributed by atoms with Crippen molar-refractivity contribution in [3.8, 4) is 5.88 Å². The summed E-state index contributed by atoms with van der Waals surface area (Å²) in [5.74, 6) is 1.46. The summed E-state index contributed by atoms with van der Waals surface area (Å²) >= 11 is 0. The number of likely N-dealkylation sites (tertiary alicyclic amines) is 1. The Labute approximate surface area is 132 Å². The third-order valence-corrected chi connectivity index (χ3v) is 4.65. The van der Waals surface area contributed by atoms with E-state index < -0.39 is 0 Å². The Morgan fingerprint density at radius 3 is 2.68 bits per heavy atom. The van der Waals surface area contributed by atoms with Crippen molar-refractivity contribution < 1.29 is 9.53 Å². The highest BCUT2D eigenvalue weighted by molar-refractivity contribution is 5.91. The second-order valence-electron chi connectivity index (χ2n) is 6.45. The Kier molecular flexibility index (Phi) is 4.93. The molecule has 0 aromatic carbocycles. The molecule has 0 atom stereocenters. The molecule has 0 radical (unpaired) electrons. The number of rotatable bonds is 4. The molecule has 5 nitrogen and oxygen atoms in total. The first-order valence-corrected chi connectivity index (χ1v) is 8.34. The lowest BCUT2D eigenvalue weighted by Crippen LogP contribution is -2.35. The highest BCUT2D eigenvalue weighted by atomic mass is 16.5. The molecule has 2 aliphatic rings. The van der Waals surface area contributed by atoms with Gasteiger partial charge in [-0.05, 0) is 38.8 Å². The first-order valence-electron chi connectivity index (χ1n) is 8.34. The van der Waals surface area contributed by atoms with Crippen LogP contribution in [0.4, 0.5) is 5.82 Å². The number of carbonyl (C=O) groups is 1. The molecular formula is C17H25N3O2. The van der Waals surface area contributed by atoms with Gasteiger partial charge in [-0.1, -0.05) is 18.9 Å². The summed E-state index contributed by atoms with van der Waals surface area (Å²) in [7, 11) is 2.13. The summed E-state index contributed by atoms with van der Waals surface area (Å²) in [6.45, 7) is 2.12. The largest absolute Gasteiger partial charge is 0.474 e. The van der Waals surface area contributed by atoms with Gasteiger partial charge in [-0.2, -0.15) is 4.98 Å². The molecule has 2 heterocycles. The normalized spacial score (nSPS) is 21.0. The van der Waals surface area contributed by atoms with E-state index >= 15 is 0 Å². The van der Waals surface area contributed by atoms with Crippen LogP contribution in [-0.4, -0.2) is 42.0 Å². The van der Waals surface area contributed by atoms with Crippen molar-refractivity contribution in [1.29, 1.82) is 0 Å². The van der Waals surface area contributed by atoms with Crippen LogP contribution in [0.5, 0.6) is 5.88 Å². The summed E-state index contributed by atoms with van der Waals surface area (Å²) in [6, 6.07) is 5.58. The van der Waals surface area contributed by atoms with Gasteiger partial charge in [0.2, 0.25) is 11.8 Å². The molecule has 5 heteroatoms. The maximum Gasteiger partial charge on any atom is 0.228 e. The number of hydrogen-bond donors (Lipinski definition) is 1. The number of ether oxygens (including phenoxy) is 1. The van der Waals surface area contributed by atoms with E-state index in [2.05, 4.69) is 22.2 Å². The van der Waals surface area contributed by atoms with Gasteiger partial charge >= 0.3 is 0 Å². The first-order chi connectivity index (χ1) is 10.7. The van der Waals surface area contributed by atoms with Crippen molar-refractivity contribution in [2.75, 3.05) is 25.5 Å². The minimum atomic E-state index is 0.0986.